The first kappa shape index (κ1) is 21.7. The van der Waals surface area contributed by atoms with Gasteiger partial charge < -0.3 is 25.0 Å². The van der Waals surface area contributed by atoms with Gasteiger partial charge in [-0.05, 0) is 60.7 Å². The summed E-state index contributed by atoms with van der Waals surface area (Å²) in [5.74, 6) is 0.941. The fourth-order valence-electron chi connectivity index (χ4n) is 2.73. The van der Waals surface area contributed by atoms with Crippen molar-refractivity contribution in [3.63, 3.8) is 0 Å². The molecule has 0 aliphatic carbocycles. The number of nitrogens with one attached hydrogen (secondary N) is 2. The third-order valence-corrected chi connectivity index (χ3v) is 4.51. The van der Waals surface area contributed by atoms with Gasteiger partial charge in [-0.15, -0.1) is 0 Å². The van der Waals surface area contributed by atoms with Crippen LogP contribution in [0.5, 0.6) is 11.5 Å². The lowest BCUT2D eigenvalue weighted by Gasteiger charge is -2.13. The molecule has 0 atom stereocenters. The maximum absolute atomic E-state index is 12.8. The molecule has 0 saturated heterocycles. The number of para-hydroxylation sites is 1. The number of hydrogen-bond donors (Lipinski definition) is 2. The van der Waals surface area contributed by atoms with Gasteiger partial charge in [0.25, 0.3) is 11.8 Å². The Morgan fingerprint density at radius 2 is 1.45 bits per heavy atom. The molecule has 3 rings (SSSR count). The van der Waals surface area contributed by atoms with Crippen LogP contribution in [0, 0.1) is 0 Å². The third kappa shape index (κ3) is 5.99. The number of methoxy groups -OCH3 is 1. The summed E-state index contributed by atoms with van der Waals surface area (Å²) >= 11 is 0. The van der Waals surface area contributed by atoms with Crippen LogP contribution in [0.2, 0.25) is 0 Å². The molecule has 7 heteroatoms. The lowest BCUT2D eigenvalue weighted by Crippen LogP contribution is -2.27. The molecule has 160 valence electrons. The number of rotatable bonds is 8. The van der Waals surface area contributed by atoms with E-state index in [9.17, 15) is 9.59 Å². The Kier molecular flexibility index (Phi) is 7.11. The van der Waals surface area contributed by atoms with Gasteiger partial charge in [-0.1, -0.05) is 12.1 Å². The first-order valence-electron chi connectivity index (χ1n) is 9.71. The summed E-state index contributed by atoms with van der Waals surface area (Å²) in [6.45, 7) is -0.0386. The van der Waals surface area contributed by atoms with Gasteiger partial charge >= 0.3 is 0 Å². The average molecular weight is 419 g/mol. The summed E-state index contributed by atoms with van der Waals surface area (Å²) in [4.78, 5) is 25.9. The Bertz CT molecular complexity index is 1030. The Morgan fingerprint density at radius 3 is 2.10 bits per heavy atom. The second kappa shape index (κ2) is 10.2. The molecule has 31 heavy (non-hydrogen) atoms. The minimum Gasteiger partial charge on any atom is -0.497 e. The number of amides is 2. The molecule has 2 N–H and O–H groups in total. The van der Waals surface area contributed by atoms with Crippen LogP contribution < -0.4 is 20.1 Å². The van der Waals surface area contributed by atoms with Gasteiger partial charge in [0.1, 0.15) is 11.5 Å². The molecule has 0 heterocycles. The van der Waals surface area contributed by atoms with E-state index in [-0.39, 0.29) is 18.4 Å². The van der Waals surface area contributed by atoms with Crippen LogP contribution in [-0.2, 0) is 4.79 Å². The summed E-state index contributed by atoms with van der Waals surface area (Å²) < 4.78 is 10.6. The molecule has 2 amide bonds. The van der Waals surface area contributed by atoms with Crippen molar-refractivity contribution in [3.8, 4) is 11.5 Å². The molecule has 0 spiro atoms. The van der Waals surface area contributed by atoms with E-state index in [1.54, 1.807) is 51.5 Å². The van der Waals surface area contributed by atoms with E-state index in [0.717, 1.165) is 11.4 Å². The van der Waals surface area contributed by atoms with E-state index in [1.807, 2.05) is 42.5 Å². The van der Waals surface area contributed by atoms with Crippen LogP contribution in [0.25, 0.3) is 0 Å². The van der Waals surface area contributed by atoms with E-state index in [1.165, 1.54) is 4.90 Å². The van der Waals surface area contributed by atoms with Crippen molar-refractivity contribution in [3.05, 3.63) is 78.4 Å². The summed E-state index contributed by atoms with van der Waals surface area (Å²) in [7, 11) is 4.96. The predicted octanol–water partition coefficient (Wildman–Crippen LogP) is 4.16. The number of ether oxygens (including phenoxy) is 2. The van der Waals surface area contributed by atoms with Gasteiger partial charge in [0, 0.05) is 25.5 Å². The van der Waals surface area contributed by atoms with Crippen molar-refractivity contribution >= 4 is 28.9 Å². The van der Waals surface area contributed by atoms with Crippen molar-refractivity contribution in [2.45, 2.75) is 0 Å². The highest BCUT2D eigenvalue weighted by atomic mass is 16.5. The minimum absolute atomic E-state index is 0.0386. The lowest BCUT2D eigenvalue weighted by molar-refractivity contribution is -0.130. The molecule has 0 aromatic heterocycles. The number of carbonyl (C=O) groups excluding carboxylic acids is 2. The van der Waals surface area contributed by atoms with Gasteiger partial charge in [0.05, 0.1) is 18.4 Å². The minimum atomic E-state index is -0.243. The molecular formula is C24H25N3O4. The van der Waals surface area contributed by atoms with E-state index in [2.05, 4.69) is 10.6 Å². The number of carbonyl (C=O) groups is 2. The monoisotopic (exact) mass is 419 g/mol. The number of nitrogens with zero attached hydrogens (tertiary/aromatic N) is 1. The highest BCUT2D eigenvalue weighted by molar-refractivity contribution is 6.08. The Balaban J connectivity index is 1.65. The zero-order chi connectivity index (χ0) is 22.2. The molecule has 0 aliphatic rings. The van der Waals surface area contributed by atoms with E-state index in [0.29, 0.717) is 22.7 Å². The quantitative estimate of drug-likeness (QED) is 0.573. The fourth-order valence-corrected chi connectivity index (χ4v) is 2.73. The number of likely N-dealkylation sites (N-methyl/N-ethyl adjacent to an activating group) is 1. The Labute approximate surface area is 181 Å². The summed E-state index contributed by atoms with van der Waals surface area (Å²) in [5, 5.41) is 6.15. The van der Waals surface area contributed by atoms with Crippen molar-refractivity contribution in [1.82, 2.24) is 4.90 Å². The smallest absolute Gasteiger partial charge is 0.259 e. The predicted molar refractivity (Wildman–Crippen MR) is 121 cm³/mol. The number of hydrogen-bond acceptors (Lipinski definition) is 5. The summed E-state index contributed by atoms with van der Waals surface area (Å²) in [5.41, 5.74) is 2.66. The van der Waals surface area contributed by atoms with Gasteiger partial charge in [-0.2, -0.15) is 0 Å². The van der Waals surface area contributed by atoms with Crippen LogP contribution in [0.15, 0.2) is 72.8 Å². The van der Waals surface area contributed by atoms with Gasteiger partial charge in [-0.25, -0.2) is 0 Å². The molecule has 3 aromatic rings. The fraction of sp³-hybridized carbons (Fsp3) is 0.167. The molecule has 0 aliphatic heterocycles. The molecule has 0 bridgehead atoms. The van der Waals surface area contributed by atoms with Crippen molar-refractivity contribution in [2.75, 3.05) is 38.4 Å². The number of anilines is 3. The molecule has 3 aromatic carbocycles. The Hall–Kier alpha value is -4.00. The van der Waals surface area contributed by atoms with E-state index in [4.69, 9.17) is 9.47 Å². The normalized spacial score (nSPS) is 10.2. The SMILES string of the molecule is COc1ccc(Nc2ccccc2C(=O)Nc2ccc(OCC(=O)N(C)C)cc2)cc1. The molecule has 0 fully saturated rings. The maximum atomic E-state index is 12.8. The topological polar surface area (TPSA) is 79.9 Å². The first-order chi connectivity index (χ1) is 15.0. The van der Waals surface area contributed by atoms with Crippen LogP contribution in [0.3, 0.4) is 0 Å². The molecular weight excluding hydrogens is 394 g/mol. The number of benzene rings is 3. The highest BCUT2D eigenvalue weighted by Crippen LogP contribution is 2.24. The summed E-state index contributed by atoms with van der Waals surface area (Å²) in [6.07, 6.45) is 0. The van der Waals surface area contributed by atoms with Crippen LogP contribution in [-0.4, -0.2) is 44.5 Å². The molecule has 7 nitrogen and oxygen atoms in total. The first-order valence-corrected chi connectivity index (χ1v) is 9.71. The standard InChI is InChI=1S/C24H25N3O4/c1-27(2)23(28)16-31-20-14-10-18(11-15-20)26-24(29)21-6-4-5-7-22(21)25-17-8-12-19(30-3)13-9-17/h4-15,25H,16H2,1-3H3,(H,26,29). The largest absolute Gasteiger partial charge is 0.497 e. The zero-order valence-electron chi connectivity index (χ0n) is 17.7. The molecule has 0 unspecified atom stereocenters. The zero-order valence-corrected chi connectivity index (χ0v) is 17.7. The highest BCUT2D eigenvalue weighted by Gasteiger charge is 2.12. The van der Waals surface area contributed by atoms with Crippen molar-refractivity contribution in [2.24, 2.45) is 0 Å². The van der Waals surface area contributed by atoms with Gasteiger partial charge in [0.2, 0.25) is 0 Å². The molecule has 0 saturated carbocycles. The molecule has 0 radical (unpaired) electrons. The van der Waals surface area contributed by atoms with Crippen LogP contribution in [0.4, 0.5) is 17.1 Å². The summed E-state index contributed by atoms with van der Waals surface area (Å²) in [6, 6.07) is 21.6. The lowest BCUT2D eigenvalue weighted by atomic mass is 10.1. The third-order valence-electron chi connectivity index (χ3n) is 4.51. The van der Waals surface area contributed by atoms with Crippen molar-refractivity contribution in [1.29, 1.82) is 0 Å². The second-order valence-electron chi connectivity index (χ2n) is 6.95. The Morgan fingerprint density at radius 1 is 0.839 bits per heavy atom. The van der Waals surface area contributed by atoms with E-state index >= 15 is 0 Å². The van der Waals surface area contributed by atoms with Gasteiger partial charge in [-0.3, -0.25) is 9.59 Å². The average Bonchev–Trinajstić information content (AvgIpc) is 2.79. The van der Waals surface area contributed by atoms with Crippen molar-refractivity contribution < 1.29 is 19.1 Å². The van der Waals surface area contributed by atoms with Crippen LogP contribution >= 0.6 is 0 Å². The van der Waals surface area contributed by atoms with Gasteiger partial charge in [0.15, 0.2) is 6.61 Å². The maximum Gasteiger partial charge on any atom is 0.259 e. The van der Waals surface area contributed by atoms with Crippen LogP contribution in [0.1, 0.15) is 10.4 Å². The second-order valence-corrected chi connectivity index (χ2v) is 6.95. The van der Waals surface area contributed by atoms with E-state index < -0.39 is 0 Å².